The maximum Gasteiger partial charge on any atom is 0.0474 e. The summed E-state index contributed by atoms with van der Waals surface area (Å²) >= 11 is 8.19. The highest BCUT2D eigenvalue weighted by Crippen LogP contribution is 2.27. The molecule has 1 aromatic carbocycles. The Kier molecular flexibility index (Phi) is 5.46. The first kappa shape index (κ1) is 15.4. The first-order valence-corrected chi connectivity index (χ1v) is 8.08. The van der Waals surface area contributed by atoms with Crippen LogP contribution in [0.3, 0.4) is 0 Å². The van der Waals surface area contributed by atoms with Crippen LogP contribution in [0.5, 0.6) is 0 Å². The summed E-state index contributed by atoms with van der Waals surface area (Å²) in [6, 6.07) is 10.9. The van der Waals surface area contributed by atoms with Crippen LogP contribution in [0.1, 0.15) is 23.4 Å². The summed E-state index contributed by atoms with van der Waals surface area (Å²) in [5.41, 5.74) is 2.31. The topological polar surface area (TPSA) is 15.3 Å². The van der Waals surface area contributed by atoms with Gasteiger partial charge < -0.3 is 10.2 Å². The number of halogens is 1. The molecule has 0 radical (unpaired) electrons. The van der Waals surface area contributed by atoms with E-state index in [2.05, 4.69) is 59.9 Å². The van der Waals surface area contributed by atoms with E-state index in [1.165, 1.54) is 10.6 Å². The van der Waals surface area contributed by atoms with Gasteiger partial charge in [-0.3, -0.25) is 0 Å². The molecule has 0 fully saturated rings. The molecule has 1 atom stereocenters. The zero-order valence-corrected chi connectivity index (χ0v) is 13.8. The lowest BCUT2D eigenvalue weighted by Gasteiger charge is -2.21. The van der Waals surface area contributed by atoms with Gasteiger partial charge in [-0.05, 0) is 49.5 Å². The molecule has 0 spiro atoms. The van der Waals surface area contributed by atoms with Crippen LogP contribution in [0.4, 0.5) is 5.69 Å². The molecule has 1 N–H and O–H groups in total. The van der Waals surface area contributed by atoms with Crippen molar-refractivity contribution in [1.29, 1.82) is 0 Å². The molecule has 20 heavy (non-hydrogen) atoms. The summed E-state index contributed by atoms with van der Waals surface area (Å²) in [5.74, 6) is 0. The molecule has 0 saturated carbocycles. The Bertz CT molecular complexity index is 539. The molecule has 4 heteroatoms. The molecule has 0 saturated heterocycles. The Labute approximate surface area is 130 Å². The van der Waals surface area contributed by atoms with Crippen LogP contribution in [0.2, 0.25) is 5.02 Å². The molecule has 0 bridgehead atoms. The number of nitrogens with zero attached hydrogens (tertiary/aromatic N) is 1. The zero-order chi connectivity index (χ0) is 14.5. The van der Waals surface area contributed by atoms with Gasteiger partial charge in [-0.2, -0.15) is 0 Å². The maximum absolute atomic E-state index is 6.38. The van der Waals surface area contributed by atoms with Crippen LogP contribution in [0, 0.1) is 0 Å². The molecule has 1 heterocycles. The van der Waals surface area contributed by atoms with Crippen molar-refractivity contribution in [3.8, 4) is 0 Å². The molecule has 2 rings (SSSR count). The smallest absolute Gasteiger partial charge is 0.0474 e. The number of anilines is 1. The van der Waals surface area contributed by atoms with Gasteiger partial charge in [0.05, 0.1) is 0 Å². The largest absolute Gasteiger partial charge is 0.374 e. The minimum Gasteiger partial charge on any atom is -0.374 e. The predicted octanol–water partition coefficient (Wildman–Crippen LogP) is 4.36. The molecule has 2 nitrogen and oxygen atoms in total. The van der Waals surface area contributed by atoms with Crippen molar-refractivity contribution >= 4 is 28.6 Å². The van der Waals surface area contributed by atoms with Gasteiger partial charge in [0.15, 0.2) is 0 Å². The van der Waals surface area contributed by atoms with Gasteiger partial charge in [-0.25, -0.2) is 0 Å². The van der Waals surface area contributed by atoms with E-state index < -0.39 is 0 Å². The van der Waals surface area contributed by atoms with Gasteiger partial charge in [-0.15, -0.1) is 11.3 Å². The third-order valence-electron chi connectivity index (χ3n) is 3.60. The van der Waals surface area contributed by atoms with Crippen molar-refractivity contribution in [3.63, 3.8) is 0 Å². The van der Waals surface area contributed by atoms with Crippen molar-refractivity contribution in [2.45, 2.75) is 19.4 Å². The predicted molar refractivity (Wildman–Crippen MR) is 90.2 cm³/mol. The van der Waals surface area contributed by atoms with Crippen LogP contribution in [0.15, 0.2) is 35.7 Å². The Morgan fingerprint density at radius 2 is 2.15 bits per heavy atom. The van der Waals surface area contributed by atoms with Gasteiger partial charge in [0.1, 0.15) is 0 Å². The van der Waals surface area contributed by atoms with E-state index in [9.17, 15) is 0 Å². The third kappa shape index (κ3) is 3.75. The Balaban J connectivity index is 2.03. The van der Waals surface area contributed by atoms with E-state index >= 15 is 0 Å². The molecule has 0 aliphatic carbocycles. The lowest BCUT2D eigenvalue weighted by molar-refractivity contribution is 0.652. The molecular weight excluding hydrogens is 288 g/mol. The number of hydrogen-bond acceptors (Lipinski definition) is 3. The van der Waals surface area contributed by atoms with Gasteiger partial charge in [0, 0.05) is 35.2 Å². The van der Waals surface area contributed by atoms with Crippen molar-refractivity contribution in [2.75, 3.05) is 25.5 Å². The van der Waals surface area contributed by atoms with E-state index in [4.69, 9.17) is 11.6 Å². The van der Waals surface area contributed by atoms with E-state index in [1.54, 1.807) is 0 Å². The Hall–Kier alpha value is -1.03. The highest BCUT2D eigenvalue weighted by Gasteiger charge is 2.10. The maximum atomic E-state index is 6.38. The number of hydrogen-bond donors (Lipinski definition) is 1. The Morgan fingerprint density at radius 3 is 2.75 bits per heavy atom. The summed E-state index contributed by atoms with van der Waals surface area (Å²) in [5, 5.41) is 6.17. The first-order valence-electron chi connectivity index (χ1n) is 6.82. The van der Waals surface area contributed by atoms with E-state index in [0.717, 1.165) is 23.6 Å². The standard InChI is InChI=1S/C16H21ClN2S/c1-12(18-2)15-7-6-13(11-16(15)17)19(3)9-8-14-5-4-10-20-14/h4-7,10-12,18H,8-9H2,1-3H3. The highest BCUT2D eigenvalue weighted by molar-refractivity contribution is 7.09. The van der Waals surface area contributed by atoms with Crippen LogP contribution in [0.25, 0.3) is 0 Å². The SMILES string of the molecule is CNC(C)c1ccc(N(C)CCc2cccs2)cc1Cl. The van der Waals surface area contributed by atoms with E-state index in [1.807, 2.05) is 18.4 Å². The van der Waals surface area contributed by atoms with Crippen LogP contribution < -0.4 is 10.2 Å². The molecule has 108 valence electrons. The number of benzene rings is 1. The first-order chi connectivity index (χ1) is 9.61. The second-order valence-electron chi connectivity index (χ2n) is 4.97. The number of thiophene rings is 1. The summed E-state index contributed by atoms with van der Waals surface area (Å²) in [6.45, 7) is 3.11. The van der Waals surface area contributed by atoms with Crippen molar-refractivity contribution < 1.29 is 0 Å². The number of likely N-dealkylation sites (N-methyl/N-ethyl adjacent to an activating group) is 1. The van der Waals surface area contributed by atoms with Crippen LogP contribution in [-0.4, -0.2) is 20.6 Å². The minimum absolute atomic E-state index is 0.271. The molecule has 0 aliphatic rings. The third-order valence-corrected chi connectivity index (χ3v) is 4.86. The number of nitrogens with one attached hydrogen (secondary N) is 1. The van der Waals surface area contributed by atoms with Gasteiger partial charge in [0.25, 0.3) is 0 Å². The summed E-state index contributed by atoms with van der Waals surface area (Å²) in [4.78, 5) is 3.67. The fourth-order valence-corrected chi connectivity index (χ4v) is 3.16. The quantitative estimate of drug-likeness (QED) is 0.853. The average Bonchev–Trinajstić information content (AvgIpc) is 2.97. The lowest BCUT2D eigenvalue weighted by Crippen LogP contribution is -2.20. The summed E-state index contributed by atoms with van der Waals surface area (Å²) < 4.78 is 0. The van der Waals surface area contributed by atoms with Gasteiger partial charge in [-0.1, -0.05) is 23.7 Å². The van der Waals surface area contributed by atoms with E-state index in [-0.39, 0.29) is 6.04 Å². The van der Waals surface area contributed by atoms with Crippen molar-refractivity contribution in [3.05, 3.63) is 51.2 Å². The zero-order valence-electron chi connectivity index (χ0n) is 12.2. The fourth-order valence-electron chi connectivity index (χ4n) is 2.12. The fraction of sp³-hybridized carbons (Fsp3) is 0.375. The molecule has 1 unspecified atom stereocenters. The summed E-state index contributed by atoms with van der Waals surface area (Å²) in [6.07, 6.45) is 1.07. The van der Waals surface area contributed by atoms with E-state index in [0.29, 0.717) is 0 Å². The number of rotatable bonds is 6. The molecule has 0 aliphatic heterocycles. The Morgan fingerprint density at radius 1 is 1.35 bits per heavy atom. The monoisotopic (exact) mass is 308 g/mol. The van der Waals surface area contributed by atoms with Crippen molar-refractivity contribution in [2.24, 2.45) is 0 Å². The van der Waals surface area contributed by atoms with Crippen LogP contribution in [-0.2, 0) is 6.42 Å². The normalized spacial score (nSPS) is 12.4. The minimum atomic E-state index is 0.271. The van der Waals surface area contributed by atoms with Gasteiger partial charge in [0.2, 0.25) is 0 Å². The second kappa shape index (κ2) is 7.11. The molecule has 0 amide bonds. The summed E-state index contributed by atoms with van der Waals surface area (Å²) in [7, 11) is 4.06. The second-order valence-corrected chi connectivity index (χ2v) is 6.41. The molecular formula is C16H21ClN2S. The molecule has 1 aromatic heterocycles. The lowest BCUT2D eigenvalue weighted by atomic mass is 10.1. The molecule has 2 aromatic rings. The average molecular weight is 309 g/mol. The van der Waals surface area contributed by atoms with Crippen LogP contribution >= 0.6 is 22.9 Å². The highest BCUT2D eigenvalue weighted by atomic mass is 35.5. The van der Waals surface area contributed by atoms with Gasteiger partial charge >= 0.3 is 0 Å². The van der Waals surface area contributed by atoms with Crippen molar-refractivity contribution in [1.82, 2.24) is 5.32 Å².